The zero-order chi connectivity index (χ0) is 25.7. The van der Waals surface area contributed by atoms with Gasteiger partial charge in [-0.05, 0) is 42.3 Å². The minimum Gasteiger partial charge on any atom is -0.450 e. The Bertz CT molecular complexity index is 1610. The van der Waals surface area contributed by atoms with Gasteiger partial charge in [0.05, 0.1) is 23.2 Å². The monoisotopic (exact) mass is 498 g/mol. The molecule has 1 aromatic heterocycles. The smallest absolute Gasteiger partial charge is 0.291 e. The summed E-state index contributed by atoms with van der Waals surface area (Å²) in [6.45, 7) is 0.692. The highest BCUT2D eigenvalue weighted by Crippen LogP contribution is 2.52. The molecule has 2 aliphatic rings. The van der Waals surface area contributed by atoms with E-state index in [4.69, 9.17) is 9.15 Å². The minimum atomic E-state index is -1.68. The van der Waals surface area contributed by atoms with Crippen LogP contribution in [0.5, 0.6) is 0 Å². The zero-order valence-electron chi connectivity index (χ0n) is 20.1. The lowest BCUT2D eigenvalue weighted by Crippen LogP contribution is -2.53. The Morgan fingerprint density at radius 2 is 1.68 bits per heavy atom. The second-order valence-corrected chi connectivity index (χ2v) is 9.18. The number of carbonyl (C=O) groups is 2. The molecular weight excluding hydrogens is 475 g/mol. The average Bonchev–Trinajstić information content (AvgIpc) is 3.30. The van der Waals surface area contributed by atoms with Crippen molar-refractivity contribution in [1.82, 2.24) is 4.90 Å². The number of hydrogen-bond acceptors (Lipinski definition) is 5. The van der Waals surface area contributed by atoms with Crippen LogP contribution >= 0.6 is 0 Å². The van der Waals surface area contributed by atoms with Crippen molar-refractivity contribution in [2.75, 3.05) is 25.2 Å². The van der Waals surface area contributed by atoms with Crippen LogP contribution in [0.15, 0.2) is 82.0 Å². The number of rotatable bonds is 6. The van der Waals surface area contributed by atoms with E-state index in [0.29, 0.717) is 35.2 Å². The molecule has 3 aromatic carbocycles. The fourth-order valence-electron chi connectivity index (χ4n) is 5.53. The van der Waals surface area contributed by atoms with Crippen molar-refractivity contribution < 1.29 is 23.1 Å². The van der Waals surface area contributed by atoms with Crippen molar-refractivity contribution in [3.63, 3.8) is 0 Å². The summed E-state index contributed by atoms with van der Waals surface area (Å²) in [5.74, 6) is -1.43. The number of halogens is 1. The number of methoxy groups -OCH3 is 1. The molecule has 1 unspecified atom stereocenters. The standard InChI is InChI=1S/C29H23FN2O5/c1-36-16-6-15-32-27(34)26-24(25(33)20-7-2-5-10-23(20)37-26)29(32)21-8-3-4-9-22(21)31(28(29)35)17-18-11-13-19(30)14-12-18/h2-5,7-14H,6,15-17H2,1H3. The SMILES string of the molecule is COCCCN1C(=O)c2oc3ccccc3c(=O)c2C12C(=O)N(Cc1ccc(F)cc1)c1ccccc12. The van der Waals surface area contributed by atoms with Crippen LogP contribution in [0, 0.1) is 5.82 Å². The Labute approximate surface area is 211 Å². The van der Waals surface area contributed by atoms with Gasteiger partial charge in [-0.25, -0.2) is 4.39 Å². The van der Waals surface area contributed by atoms with Crippen LogP contribution in [0.4, 0.5) is 10.1 Å². The highest BCUT2D eigenvalue weighted by molar-refractivity contribution is 6.17. The van der Waals surface area contributed by atoms with Gasteiger partial charge in [-0.3, -0.25) is 14.4 Å². The second kappa shape index (κ2) is 8.67. The number of nitrogens with zero attached hydrogens (tertiary/aromatic N) is 2. The van der Waals surface area contributed by atoms with Gasteiger partial charge in [0, 0.05) is 25.8 Å². The summed E-state index contributed by atoms with van der Waals surface area (Å²) in [7, 11) is 1.56. The summed E-state index contributed by atoms with van der Waals surface area (Å²) in [4.78, 5) is 45.4. The molecule has 8 heteroatoms. The molecule has 6 rings (SSSR count). The molecule has 0 bridgehead atoms. The highest BCUT2D eigenvalue weighted by atomic mass is 19.1. The molecule has 1 atom stereocenters. The number of carbonyl (C=O) groups excluding carboxylic acids is 2. The van der Waals surface area contributed by atoms with E-state index in [-0.39, 0.29) is 35.8 Å². The van der Waals surface area contributed by atoms with Gasteiger partial charge >= 0.3 is 0 Å². The van der Waals surface area contributed by atoms with E-state index in [9.17, 15) is 18.8 Å². The summed E-state index contributed by atoms with van der Waals surface area (Å²) in [6, 6.07) is 19.8. The molecule has 4 aromatic rings. The molecule has 0 N–H and O–H groups in total. The number of hydrogen-bond donors (Lipinski definition) is 0. The first-order valence-corrected chi connectivity index (χ1v) is 12.0. The Hall–Kier alpha value is -4.30. The van der Waals surface area contributed by atoms with Crippen molar-refractivity contribution in [3.8, 4) is 0 Å². The van der Waals surface area contributed by atoms with Crippen molar-refractivity contribution >= 4 is 28.5 Å². The largest absolute Gasteiger partial charge is 0.450 e. The van der Waals surface area contributed by atoms with Crippen LogP contribution in [0.25, 0.3) is 11.0 Å². The van der Waals surface area contributed by atoms with Crippen LogP contribution in [-0.2, 0) is 21.6 Å². The van der Waals surface area contributed by atoms with E-state index in [1.54, 1.807) is 72.7 Å². The lowest BCUT2D eigenvalue weighted by molar-refractivity contribution is -0.126. The van der Waals surface area contributed by atoms with Crippen LogP contribution in [0.3, 0.4) is 0 Å². The van der Waals surface area contributed by atoms with Gasteiger partial charge in [-0.15, -0.1) is 0 Å². The van der Waals surface area contributed by atoms with E-state index in [1.807, 2.05) is 0 Å². The van der Waals surface area contributed by atoms with Crippen LogP contribution in [-0.4, -0.2) is 37.0 Å². The predicted octanol–water partition coefficient (Wildman–Crippen LogP) is 4.21. The highest BCUT2D eigenvalue weighted by Gasteiger charge is 2.64. The maximum absolute atomic E-state index is 14.5. The zero-order valence-corrected chi connectivity index (χ0v) is 20.1. The summed E-state index contributed by atoms with van der Waals surface area (Å²) in [5, 5.41) is 0.300. The van der Waals surface area contributed by atoms with Crippen molar-refractivity contribution in [2.45, 2.75) is 18.5 Å². The van der Waals surface area contributed by atoms with Gasteiger partial charge in [0.15, 0.2) is 11.0 Å². The van der Waals surface area contributed by atoms with E-state index in [2.05, 4.69) is 0 Å². The Morgan fingerprint density at radius 1 is 0.946 bits per heavy atom. The number of ether oxygens (including phenoxy) is 1. The summed E-state index contributed by atoms with van der Waals surface area (Å²) in [5.41, 5.74) is 0.0643. The van der Waals surface area contributed by atoms with Gasteiger partial charge < -0.3 is 19.0 Å². The first-order valence-electron chi connectivity index (χ1n) is 12.0. The first-order chi connectivity index (χ1) is 18.0. The van der Waals surface area contributed by atoms with E-state index in [1.165, 1.54) is 17.0 Å². The summed E-state index contributed by atoms with van der Waals surface area (Å²) in [6.07, 6.45) is 0.457. The van der Waals surface area contributed by atoms with Crippen molar-refractivity contribution in [3.05, 3.63) is 111 Å². The number of para-hydroxylation sites is 2. The molecule has 2 amide bonds. The lowest BCUT2D eigenvalue weighted by atomic mass is 9.84. The average molecular weight is 499 g/mol. The molecule has 0 radical (unpaired) electrons. The molecule has 37 heavy (non-hydrogen) atoms. The van der Waals surface area contributed by atoms with Crippen LogP contribution in [0.1, 0.15) is 33.7 Å². The predicted molar refractivity (Wildman–Crippen MR) is 135 cm³/mol. The Morgan fingerprint density at radius 3 is 2.46 bits per heavy atom. The fraction of sp³-hybridized carbons (Fsp3) is 0.207. The molecule has 186 valence electrons. The number of amides is 2. The van der Waals surface area contributed by atoms with E-state index in [0.717, 1.165) is 0 Å². The van der Waals surface area contributed by atoms with Crippen LogP contribution in [0.2, 0.25) is 0 Å². The number of benzene rings is 3. The summed E-state index contributed by atoms with van der Waals surface area (Å²) >= 11 is 0. The second-order valence-electron chi connectivity index (χ2n) is 9.18. The quantitative estimate of drug-likeness (QED) is 0.372. The maximum atomic E-state index is 14.5. The molecule has 7 nitrogen and oxygen atoms in total. The van der Waals surface area contributed by atoms with Gasteiger partial charge in [-0.1, -0.05) is 42.5 Å². The molecule has 2 aliphatic heterocycles. The minimum absolute atomic E-state index is 0.0349. The lowest BCUT2D eigenvalue weighted by Gasteiger charge is -2.34. The normalized spacial score (nSPS) is 18.2. The maximum Gasteiger partial charge on any atom is 0.291 e. The van der Waals surface area contributed by atoms with Gasteiger partial charge in [0.25, 0.3) is 11.8 Å². The number of anilines is 1. The van der Waals surface area contributed by atoms with E-state index >= 15 is 0 Å². The van der Waals surface area contributed by atoms with Gasteiger partial charge in [-0.2, -0.15) is 0 Å². The first kappa shape index (κ1) is 23.1. The molecule has 0 fully saturated rings. The molecule has 1 spiro atoms. The Balaban J connectivity index is 1.61. The molecule has 0 aliphatic carbocycles. The third kappa shape index (κ3) is 3.25. The Kier molecular flexibility index (Phi) is 5.42. The fourth-order valence-corrected chi connectivity index (χ4v) is 5.53. The molecular formula is C29H23FN2O5. The van der Waals surface area contributed by atoms with E-state index < -0.39 is 22.8 Å². The number of fused-ring (bicyclic) bond motifs is 5. The van der Waals surface area contributed by atoms with Gasteiger partial charge in [0.1, 0.15) is 11.4 Å². The summed E-state index contributed by atoms with van der Waals surface area (Å²) < 4.78 is 24.8. The van der Waals surface area contributed by atoms with Crippen molar-refractivity contribution in [2.24, 2.45) is 0 Å². The molecule has 0 saturated carbocycles. The van der Waals surface area contributed by atoms with Gasteiger partial charge in [0.2, 0.25) is 5.76 Å². The topological polar surface area (TPSA) is 80.1 Å². The molecule has 3 heterocycles. The third-order valence-corrected chi connectivity index (χ3v) is 7.13. The van der Waals surface area contributed by atoms with Crippen molar-refractivity contribution in [1.29, 1.82) is 0 Å². The third-order valence-electron chi connectivity index (χ3n) is 7.13. The molecule has 0 saturated heterocycles. The van der Waals surface area contributed by atoms with Crippen LogP contribution < -0.4 is 10.3 Å².